The summed E-state index contributed by atoms with van der Waals surface area (Å²) in [7, 11) is 0. The fourth-order valence-corrected chi connectivity index (χ4v) is 1.88. The Morgan fingerprint density at radius 3 is 2.42 bits per heavy atom. The van der Waals surface area contributed by atoms with Crippen molar-refractivity contribution in [2.24, 2.45) is 5.73 Å². The van der Waals surface area contributed by atoms with Crippen molar-refractivity contribution in [3.05, 3.63) is 65.2 Å². The molecule has 2 rings (SSSR count). The SMILES string of the molecule is CCc1ccc(CNc2cccc(C(N)=O)c2)cc1. The number of rotatable bonds is 5. The van der Waals surface area contributed by atoms with Crippen LogP contribution in [0.3, 0.4) is 0 Å². The predicted octanol–water partition coefficient (Wildman–Crippen LogP) is 2.96. The van der Waals surface area contributed by atoms with Gasteiger partial charge < -0.3 is 11.1 Å². The van der Waals surface area contributed by atoms with E-state index >= 15 is 0 Å². The molecule has 0 atom stereocenters. The minimum atomic E-state index is -0.407. The van der Waals surface area contributed by atoms with Gasteiger partial charge in [0.1, 0.15) is 0 Å². The number of nitrogens with one attached hydrogen (secondary N) is 1. The molecule has 0 bridgehead atoms. The lowest BCUT2D eigenvalue weighted by atomic mass is 10.1. The molecule has 0 saturated carbocycles. The third kappa shape index (κ3) is 3.58. The largest absolute Gasteiger partial charge is 0.381 e. The first kappa shape index (κ1) is 13.1. The molecule has 3 nitrogen and oxygen atoms in total. The summed E-state index contributed by atoms with van der Waals surface area (Å²) < 4.78 is 0. The van der Waals surface area contributed by atoms with Gasteiger partial charge >= 0.3 is 0 Å². The van der Waals surface area contributed by atoms with Crippen molar-refractivity contribution in [3.63, 3.8) is 0 Å². The molecule has 2 aromatic rings. The van der Waals surface area contributed by atoms with Gasteiger partial charge in [0.2, 0.25) is 5.91 Å². The average Bonchev–Trinajstić information content (AvgIpc) is 2.46. The maximum atomic E-state index is 11.1. The molecule has 0 spiro atoms. The summed E-state index contributed by atoms with van der Waals surface area (Å²) in [5.74, 6) is -0.407. The predicted molar refractivity (Wildman–Crippen MR) is 78.1 cm³/mol. The highest BCUT2D eigenvalue weighted by atomic mass is 16.1. The molecule has 0 aromatic heterocycles. The standard InChI is InChI=1S/C16H18N2O/c1-2-12-6-8-13(9-7-12)11-18-15-5-3-4-14(10-15)16(17)19/h3-10,18H,2,11H2,1H3,(H2,17,19). The Kier molecular flexibility index (Phi) is 4.18. The summed E-state index contributed by atoms with van der Waals surface area (Å²) >= 11 is 0. The number of aryl methyl sites for hydroxylation is 1. The highest BCUT2D eigenvalue weighted by Gasteiger charge is 2.01. The van der Waals surface area contributed by atoms with Gasteiger partial charge in [0.25, 0.3) is 0 Å². The van der Waals surface area contributed by atoms with Crippen LogP contribution in [-0.4, -0.2) is 5.91 Å². The van der Waals surface area contributed by atoms with Crippen molar-refractivity contribution in [3.8, 4) is 0 Å². The van der Waals surface area contributed by atoms with Gasteiger partial charge in [0, 0.05) is 17.8 Å². The first-order valence-electron chi connectivity index (χ1n) is 6.40. The molecule has 3 N–H and O–H groups in total. The lowest BCUT2D eigenvalue weighted by molar-refractivity contribution is 0.100. The minimum absolute atomic E-state index is 0.407. The Morgan fingerprint density at radius 1 is 1.11 bits per heavy atom. The van der Waals surface area contributed by atoms with Gasteiger partial charge in [-0.25, -0.2) is 0 Å². The van der Waals surface area contributed by atoms with E-state index < -0.39 is 5.91 Å². The van der Waals surface area contributed by atoms with Crippen molar-refractivity contribution in [1.82, 2.24) is 0 Å². The number of hydrogen-bond acceptors (Lipinski definition) is 2. The van der Waals surface area contributed by atoms with Crippen LogP contribution in [0.2, 0.25) is 0 Å². The molecule has 0 saturated heterocycles. The molecular formula is C16H18N2O. The van der Waals surface area contributed by atoms with Gasteiger partial charge in [-0.3, -0.25) is 4.79 Å². The highest BCUT2D eigenvalue weighted by Crippen LogP contribution is 2.12. The third-order valence-electron chi connectivity index (χ3n) is 3.07. The van der Waals surface area contributed by atoms with E-state index in [9.17, 15) is 4.79 Å². The van der Waals surface area contributed by atoms with Crippen molar-refractivity contribution in [2.45, 2.75) is 19.9 Å². The smallest absolute Gasteiger partial charge is 0.248 e. The van der Waals surface area contributed by atoms with Crippen LogP contribution >= 0.6 is 0 Å². The normalized spacial score (nSPS) is 10.2. The Labute approximate surface area is 113 Å². The number of carbonyl (C=O) groups excluding carboxylic acids is 1. The topological polar surface area (TPSA) is 55.1 Å². The van der Waals surface area contributed by atoms with Gasteiger partial charge in [0.05, 0.1) is 0 Å². The Morgan fingerprint density at radius 2 is 1.79 bits per heavy atom. The van der Waals surface area contributed by atoms with Crippen LogP contribution < -0.4 is 11.1 Å². The number of hydrogen-bond donors (Lipinski definition) is 2. The quantitative estimate of drug-likeness (QED) is 0.862. The van der Waals surface area contributed by atoms with Gasteiger partial charge in [-0.2, -0.15) is 0 Å². The Bertz CT molecular complexity index is 561. The molecule has 0 unspecified atom stereocenters. The monoisotopic (exact) mass is 254 g/mol. The van der Waals surface area contributed by atoms with Crippen LogP contribution in [0.4, 0.5) is 5.69 Å². The molecule has 2 aromatic carbocycles. The van der Waals surface area contributed by atoms with E-state index in [-0.39, 0.29) is 0 Å². The molecule has 0 radical (unpaired) electrons. The fourth-order valence-electron chi connectivity index (χ4n) is 1.88. The van der Waals surface area contributed by atoms with E-state index in [0.29, 0.717) is 5.56 Å². The maximum Gasteiger partial charge on any atom is 0.248 e. The van der Waals surface area contributed by atoms with Crippen LogP contribution in [0.15, 0.2) is 48.5 Å². The molecule has 0 aliphatic carbocycles. The van der Waals surface area contributed by atoms with Crippen LogP contribution in [-0.2, 0) is 13.0 Å². The molecule has 98 valence electrons. The zero-order valence-corrected chi connectivity index (χ0v) is 11.0. The Balaban J connectivity index is 2.01. The molecular weight excluding hydrogens is 236 g/mol. The summed E-state index contributed by atoms with van der Waals surface area (Å²) in [4.78, 5) is 11.1. The van der Waals surface area contributed by atoms with E-state index in [2.05, 4.69) is 36.5 Å². The average molecular weight is 254 g/mol. The van der Waals surface area contributed by atoms with Gasteiger partial charge in [0.15, 0.2) is 0 Å². The van der Waals surface area contributed by atoms with Crippen LogP contribution in [0, 0.1) is 0 Å². The van der Waals surface area contributed by atoms with Gasteiger partial charge in [-0.15, -0.1) is 0 Å². The van der Waals surface area contributed by atoms with Crippen molar-refractivity contribution >= 4 is 11.6 Å². The lowest BCUT2D eigenvalue weighted by Gasteiger charge is -2.08. The number of primary amides is 1. The number of carbonyl (C=O) groups is 1. The van der Waals surface area contributed by atoms with E-state index in [1.54, 1.807) is 12.1 Å². The first-order valence-corrected chi connectivity index (χ1v) is 6.40. The van der Waals surface area contributed by atoms with Crippen LogP contribution in [0.5, 0.6) is 0 Å². The van der Waals surface area contributed by atoms with E-state index in [0.717, 1.165) is 18.7 Å². The second-order valence-corrected chi connectivity index (χ2v) is 4.47. The molecule has 1 amide bonds. The second-order valence-electron chi connectivity index (χ2n) is 4.47. The second kappa shape index (κ2) is 6.05. The van der Waals surface area contributed by atoms with E-state index in [4.69, 9.17) is 5.73 Å². The first-order chi connectivity index (χ1) is 9.19. The van der Waals surface area contributed by atoms with Crippen molar-refractivity contribution < 1.29 is 4.79 Å². The van der Waals surface area contributed by atoms with Crippen molar-refractivity contribution in [1.29, 1.82) is 0 Å². The van der Waals surface area contributed by atoms with E-state index in [1.165, 1.54) is 11.1 Å². The van der Waals surface area contributed by atoms with Crippen LogP contribution in [0.25, 0.3) is 0 Å². The fraction of sp³-hybridized carbons (Fsp3) is 0.188. The lowest BCUT2D eigenvalue weighted by Crippen LogP contribution is -2.11. The number of amides is 1. The zero-order chi connectivity index (χ0) is 13.7. The number of nitrogens with two attached hydrogens (primary N) is 1. The van der Waals surface area contributed by atoms with E-state index in [1.807, 2.05) is 12.1 Å². The van der Waals surface area contributed by atoms with Crippen molar-refractivity contribution in [2.75, 3.05) is 5.32 Å². The molecule has 0 fully saturated rings. The van der Waals surface area contributed by atoms with Gasteiger partial charge in [-0.1, -0.05) is 37.3 Å². The summed E-state index contributed by atoms with van der Waals surface area (Å²) in [5, 5.41) is 3.29. The molecule has 0 heterocycles. The van der Waals surface area contributed by atoms with Crippen LogP contribution in [0.1, 0.15) is 28.4 Å². The summed E-state index contributed by atoms with van der Waals surface area (Å²) in [6.45, 7) is 2.87. The zero-order valence-electron chi connectivity index (χ0n) is 11.0. The highest BCUT2D eigenvalue weighted by molar-refractivity contribution is 5.93. The molecule has 19 heavy (non-hydrogen) atoms. The Hall–Kier alpha value is -2.29. The number of anilines is 1. The van der Waals surface area contributed by atoms with Gasteiger partial charge in [-0.05, 0) is 35.7 Å². The number of benzene rings is 2. The minimum Gasteiger partial charge on any atom is -0.381 e. The summed E-state index contributed by atoms with van der Waals surface area (Å²) in [5.41, 5.74) is 9.22. The molecule has 3 heteroatoms. The molecule has 0 aliphatic rings. The summed E-state index contributed by atoms with van der Waals surface area (Å²) in [6, 6.07) is 15.7. The third-order valence-corrected chi connectivity index (χ3v) is 3.07. The summed E-state index contributed by atoms with van der Waals surface area (Å²) in [6.07, 6.45) is 1.05. The maximum absolute atomic E-state index is 11.1. The molecule has 0 aliphatic heterocycles.